The van der Waals surface area contributed by atoms with E-state index in [9.17, 15) is 19.2 Å². The van der Waals surface area contributed by atoms with Crippen LogP contribution < -0.4 is 5.32 Å². The monoisotopic (exact) mass is 380 g/mol. The van der Waals surface area contributed by atoms with E-state index in [1.807, 2.05) is 0 Å². The van der Waals surface area contributed by atoms with Crippen molar-refractivity contribution >= 4 is 23.9 Å². The van der Waals surface area contributed by atoms with Crippen molar-refractivity contribution in [2.24, 2.45) is 0 Å². The molecule has 0 aromatic rings. The lowest BCUT2D eigenvalue weighted by atomic mass is 9.98. The van der Waals surface area contributed by atoms with Crippen molar-refractivity contribution in [2.75, 3.05) is 39.3 Å². The van der Waals surface area contributed by atoms with Gasteiger partial charge in [0.15, 0.2) is 0 Å². The SMILES string of the molecule is CCOC(=O)N1CCN(C(=O)CCCN2C(=O)NC3(CCCC3)C2=O)CC1. The first kappa shape index (κ1) is 19.4. The van der Waals surface area contributed by atoms with Crippen LogP contribution in [0, 0.1) is 0 Å². The fourth-order valence-corrected chi connectivity index (χ4v) is 4.10. The molecule has 0 aromatic carbocycles. The molecule has 3 fully saturated rings. The second-order valence-electron chi connectivity index (χ2n) is 7.35. The van der Waals surface area contributed by atoms with E-state index in [0.29, 0.717) is 52.0 Å². The van der Waals surface area contributed by atoms with Crippen LogP contribution in [0.25, 0.3) is 0 Å². The average molecular weight is 380 g/mol. The topological polar surface area (TPSA) is 99.3 Å². The second kappa shape index (κ2) is 8.14. The Labute approximate surface area is 159 Å². The maximum absolute atomic E-state index is 12.6. The number of urea groups is 1. The number of rotatable bonds is 5. The van der Waals surface area contributed by atoms with Gasteiger partial charge in [-0.1, -0.05) is 12.8 Å². The highest BCUT2D eigenvalue weighted by molar-refractivity contribution is 6.07. The van der Waals surface area contributed by atoms with Gasteiger partial charge in [0, 0.05) is 39.1 Å². The summed E-state index contributed by atoms with van der Waals surface area (Å²) in [6.07, 6.45) is 3.71. The molecule has 2 saturated heterocycles. The van der Waals surface area contributed by atoms with Crippen LogP contribution in [0.2, 0.25) is 0 Å². The third kappa shape index (κ3) is 4.01. The Bertz CT molecular complexity index is 609. The minimum Gasteiger partial charge on any atom is -0.450 e. The molecule has 0 aromatic heterocycles. The molecule has 0 atom stereocenters. The maximum atomic E-state index is 12.6. The van der Waals surface area contributed by atoms with Crippen LogP contribution in [0.4, 0.5) is 9.59 Å². The Hall–Kier alpha value is -2.32. The molecule has 5 amide bonds. The highest BCUT2D eigenvalue weighted by Gasteiger charge is 2.52. The lowest BCUT2D eigenvalue weighted by Gasteiger charge is -2.34. The fraction of sp³-hybridized carbons (Fsp3) is 0.778. The fourth-order valence-electron chi connectivity index (χ4n) is 4.10. The summed E-state index contributed by atoms with van der Waals surface area (Å²) < 4.78 is 4.97. The molecule has 2 aliphatic heterocycles. The zero-order valence-corrected chi connectivity index (χ0v) is 15.9. The number of carbonyl (C=O) groups excluding carboxylic acids is 4. The van der Waals surface area contributed by atoms with Gasteiger partial charge in [0.1, 0.15) is 5.54 Å². The number of nitrogens with one attached hydrogen (secondary N) is 1. The average Bonchev–Trinajstić information content (AvgIpc) is 3.22. The summed E-state index contributed by atoms with van der Waals surface area (Å²) in [5, 5.41) is 2.85. The van der Waals surface area contributed by atoms with Crippen LogP contribution >= 0.6 is 0 Å². The molecule has 0 bridgehead atoms. The predicted molar refractivity (Wildman–Crippen MR) is 95.9 cm³/mol. The summed E-state index contributed by atoms with van der Waals surface area (Å²) in [4.78, 5) is 53.3. The third-order valence-electron chi connectivity index (χ3n) is 5.63. The smallest absolute Gasteiger partial charge is 0.409 e. The number of amides is 5. The van der Waals surface area contributed by atoms with E-state index in [1.54, 1.807) is 16.7 Å². The molecule has 0 unspecified atom stereocenters. The maximum Gasteiger partial charge on any atom is 0.409 e. The molecule has 1 aliphatic carbocycles. The van der Waals surface area contributed by atoms with Crippen LogP contribution in [0.3, 0.4) is 0 Å². The first-order valence-electron chi connectivity index (χ1n) is 9.80. The van der Waals surface area contributed by atoms with E-state index in [0.717, 1.165) is 12.8 Å². The molecule has 3 aliphatic rings. The number of piperazine rings is 1. The van der Waals surface area contributed by atoms with Crippen molar-refractivity contribution < 1.29 is 23.9 Å². The highest BCUT2D eigenvalue weighted by atomic mass is 16.6. The van der Waals surface area contributed by atoms with Gasteiger partial charge in [0.2, 0.25) is 5.91 Å². The summed E-state index contributed by atoms with van der Waals surface area (Å²) in [6.45, 7) is 4.23. The zero-order valence-electron chi connectivity index (χ0n) is 15.9. The number of nitrogens with zero attached hydrogens (tertiary/aromatic N) is 3. The second-order valence-corrected chi connectivity index (χ2v) is 7.35. The first-order chi connectivity index (χ1) is 13.0. The van der Waals surface area contributed by atoms with Crippen LogP contribution in [0.1, 0.15) is 45.4 Å². The zero-order chi connectivity index (χ0) is 19.4. The van der Waals surface area contributed by atoms with E-state index >= 15 is 0 Å². The molecule has 3 rings (SSSR count). The summed E-state index contributed by atoms with van der Waals surface area (Å²) in [6, 6.07) is -0.336. The van der Waals surface area contributed by atoms with Crippen LogP contribution in [-0.2, 0) is 14.3 Å². The molecule has 9 heteroatoms. The first-order valence-corrected chi connectivity index (χ1v) is 9.80. The lowest BCUT2D eigenvalue weighted by Crippen LogP contribution is -2.50. The van der Waals surface area contributed by atoms with E-state index in [2.05, 4.69) is 5.32 Å². The Kier molecular flexibility index (Phi) is 5.86. The van der Waals surface area contributed by atoms with Gasteiger partial charge in [-0.15, -0.1) is 0 Å². The molecule has 0 radical (unpaired) electrons. The van der Waals surface area contributed by atoms with Gasteiger partial charge in [0.25, 0.3) is 5.91 Å². The van der Waals surface area contributed by atoms with E-state index in [-0.39, 0.29) is 36.9 Å². The Morgan fingerprint density at radius 3 is 2.33 bits per heavy atom. The quantitative estimate of drug-likeness (QED) is 0.716. The minimum absolute atomic E-state index is 0.0128. The van der Waals surface area contributed by atoms with Crippen molar-refractivity contribution in [3.8, 4) is 0 Å². The van der Waals surface area contributed by atoms with Gasteiger partial charge in [-0.05, 0) is 26.2 Å². The van der Waals surface area contributed by atoms with Crippen molar-refractivity contribution in [1.29, 1.82) is 0 Å². The molecule has 1 spiro atoms. The largest absolute Gasteiger partial charge is 0.450 e. The molecular weight excluding hydrogens is 352 g/mol. The molecule has 9 nitrogen and oxygen atoms in total. The Morgan fingerprint density at radius 1 is 1.07 bits per heavy atom. The third-order valence-corrected chi connectivity index (χ3v) is 5.63. The molecule has 1 saturated carbocycles. The molecule has 27 heavy (non-hydrogen) atoms. The number of ether oxygens (including phenoxy) is 1. The molecule has 1 N–H and O–H groups in total. The molecule has 150 valence electrons. The summed E-state index contributed by atoms with van der Waals surface area (Å²) in [5.41, 5.74) is -0.690. The Morgan fingerprint density at radius 2 is 1.70 bits per heavy atom. The van der Waals surface area contributed by atoms with Crippen LogP contribution in [-0.4, -0.2) is 83.5 Å². The molecular formula is C18H28N4O5. The Balaban J connectivity index is 1.41. The highest BCUT2D eigenvalue weighted by Crippen LogP contribution is 2.35. The van der Waals surface area contributed by atoms with Crippen molar-refractivity contribution in [1.82, 2.24) is 20.0 Å². The van der Waals surface area contributed by atoms with E-state index < -0.39 is 5.54 Å². The number of carbonyl (C=O) groups is 4. The standard InChI is InChI=1S/C18H28N4O5/c1-2-27-17(26)21-12-10-20(11-13-21)14(23)6-5-9-22-15(24)18(19-16(22)25)7-3-4-8-18/h2-13H2,1H3,(H,19,25). The normalized spacial score (nSPS) is 21.7. The van der Waals surface area contributed by atoms with Gasteiger partial charge >= 0.3 is 12.1 Å². The van der Waals surface area contributed by atoms with E-state index in [4.69, 9.17) is 4.74 Å². The lowest BCUT2D eigenvalue weighted by molar-refractivity contribution is -0.134. The van der Waals surface area contributed by atoms with Crippen LogP contribution in [0.15, 0.2) is 0 Å². The van der Waals surface area contributed by atoms with Gasteiger partial charge in [-0.25, -0.2) is 9.59 Å². The number of imide groups is 1. The van der Waals surface area contributed by atoms with Crippen molar-refractivity contribution in [3.05, 3.63) is 0 Å². The van der Waals surface area contributed by atoms with Gasteiger partial charge in [-0.2, -0.15) is 0 Å². The van der Waals surface area contributed by atoms with Gasteiger partial charge in [0.05, 0.1) is 6.61 Å². The van der Waals surface area contributed by atoms with E-state index in [1.165, 1.54) is 4.90 Å². The minimum atomic E-state index is -0.690. The van der Waals surface area contributed by atoms with Gasteiger partial charge < -0.3 is 19.9 Å². The number of hydrogen-bond acceptors (Lipinski definition) is 5. The molecule has 2 heterocycles. The summed E-state index contributed by atoms with van der Waals surface area (Å²) >= 11 is 0. The van der Waals surface area contributed by atoms with Crippen molar-refractivity contribution in [3.63, 3.8) is 0 Å². The summed E-state index contributed by atoms with van der Waals surface area (Å²) in [5.74, 6) is -0.151. The summed E-state index contributed by atoms with van der Waals surface area (Å²) in [7, 11) is 0. The predicted octanol–water partition coefficient (Wildman–Crippen LogP) is 0.932. The number of hydrogen-bond donors (Lipinski definition) is 1. The van der Waals surface area contributed by atoms with Crippen molar-refractivity contribution in [2.45, 2.75) is 51.0 Å². The van der Waals surface area contributed by atoms with Crippen LogP contribution in [0.5, 0.6) is 0 Å². The van der Waals surface area contributed by atoms with Gasteiger partial charge in [-0.3, -0.25) is 14.5 Å².